The van der Waals surface area contributed by atoms with E-state index in [0.29, 0.717) is 5.56 Å². The first-order chi connectivity index (χ1) is 12.1. The second-order valence-corrected chi connectivity index (χ2v) is 7.28. The number of hydrogen-bond acceptors (Lipinski definition) is 7. The molecule has 0 saturated carbocycles. The number of hydrogen-bond donors (Lipinski definition) is 2. The number of aromatic nitrogens is 2. The van der Waals surface area contributed by atoms with Gasteiger partial charge in [0.05, 0.1) is 7.11 Å². The van der Waals surface area contributed by atoms with E-state index in [1.807, 2.05) is 36.4 Å². The Morgan fingerprint density at radius 1 is 1.16 bits per heavy atom. The summed E-state index contributed by atoms with van der Waals surface area (Å²) < 4.78 is 6.01. The van der Waals surface area contributed by atoms with Crippen LogP contribution in [-0.2, 0) is 5.75 Å². The van der Waals surface area contributed by atoms with Crippen LogP contribution < -0.4 is 15.8 Å². The maximum absolute atomic E-state index is 11.1. The van der Waals surface area contributed by atoms with Crippen molar-refractivity contribution in [2.75, 3.05) is 12.4 Å². The SMILES string of the molecule is COc1ccc(Nc2nnc(SCc3ccc(C(N)=O)cc3)s2)cc1. The largest absolute Gasteiger partial charge is 0.497 e. The summed E-state index contributed by atoms with van der Waals surface area (Å²) >= 11 is 3.08. The second kappa shape index (κ2) is 8.00. The number of nitrogens with zero attached hydrogens (tertiary/aromatic N) is 2. The van der Waals surface area contributed by atoms with Gasteiger partial charge in [0, 0.05) is 17.0 Å². The van der Waals surface area contributed by atoms with Crippen molar-refractivity contribution >= 4 is 39.8 Å². The molecule has 0 saturated heterocycles. The van der Waals surface area contributed by atoms with Crippen LogP contribution in [0.1, 0.15) is 15.9 Å². The molecular weight excluding hydrogens is 356 g/mol. The van der Waals surface area contributed by atoms with E-state index >= 15 is 0 Å². The first-order valence-electron chi connectivity index (χ1n) is 7.40. The fourth-order valence-electron chi connectivity index (χ4n) is 2.03. The molecule has 128 valence electrons. The number of benzene rings is 2. The third-order valence-corrected chi connectivity index (χ3v) is 5.39. The van der Waals surface area contributed by atoms with Gasteiger partial charge in [-0.25, -0.2) is 0 Å². The number of thioether (sulfide) groups is 1. The Morgan fingerprint density at radius 3 is 2.52 bits per heavy atom. The zero-order chi connectivity index (χ0) is 17.6. The zero-order valence-corrected chi connectivity index (χ0v) is 15.1. The van der Waals surface area contributed by atoms with E-state index in [-0.39, 0.29) is 0 Å². The number of ether oxygens (including phenoxy) is 1. The molecule has 0 fully saturated rings. The van der Waals surface area contributed by atoms with Crippen LogP contribution in [0.4, 0.5) is 10.8 Å². The van der Waals surface area contributed by atoms with Gasteiger partial charge in [-0.3, -0.25) is 4.79 Å². The van der Waals surface area contributed by atoms with E-state index in [0.717, 1.165) is 32.2 Å². The molecule has 3 rings (SSSR count). The molecule has 0 aliphatic heterocycles. The van der Waals surface area contributed by atoms with Gasteiger partial charge in [0.15, 0.2) is 4.34 Å². The smallest absolute Gasteiger partial charge is 0.248 e. The molecule has 6 nitrogen and oxygen atoms in total. The highest BCUT2D eigenvalue weighted by Gasteiger charge is 2.06. The minimum Gasteiger partial charge on any atom is -0.497 e. The first kappa shape index (κ1) is 17.2. The standard InChI is InChI=1S/C17H16N4O2S2/c1-23-14-8-6-13(7-9-14)19-16-20-21-17(25-16)24-10-11-2-4-12(5-3-11)15(18)22/h2-9H,10H2,1H3,(H2,18,22)(H,19,20). The van der Waals surface area contributed by atoms with Gasteiger partial charge in [0.25, 0.3) is 0 Å². The number of methoxy groups -OCH3 is 1. The molecule has 0 bridgehead atoms. The lowest BCUT2D eigenvalue weighted by molar-refractivity contribution is 0.100. The molecule has 0 atom stereocenters. The topological polar surface area (TPSA) is 90.1 Å². The quantitative estimate of drug-likeness (QED) is 0.615. The molecular formula is C17H16N4O2S2. The summed E-state index contributed by atoms with van der Waals surface area (Å²) in [6.45, 7) is 0. The van der Waals surface area contributed by atoms with Crippen molar-refractivity contribution in [3.05, 3.63) is 59.7 Å². The van der Waals surface area contributed by atoms with E-state index in [4.69, 9.17) is 10.5 Å². The Bertz CT molecular complexity index is 848. The number of rotatable bonds is 7. The average Bonchev–Trinajstić information content (AvgIpc) is 3.08. The van der Waals surface area contributed by atoms with Crippen molar-refractivity contribution in [2.24, 2.45) is 5.73 Å². The predicted molar refractivity (Wildman–Crippen MR) is 101 cm³/mol. The summed E-state index contributed by atoms with van der Waals surface area (Å²) in [6.07, 6.45) is 0. The monoisotopic (exact) mass is 372 g/mol. The van der Waals surface area contributed by atoms with E-state index < -0.39 is 5.91 Å². The number of nitrogens with one attached hydrogen (secondary N) is 1. The minimum atomic E-state index is -0.419. The Hall–Kier alpha value is -2.58. The molecule has 0 aliphatic carbocycles. The van der Waals surface area contributed by atoms with Gasteiger partial charge in [0.1, 0.15) is 5.75 Å². The molecule has 3 aromatic rings. The lowest BCUT2D eigenvalue weighted by Crippen LogP contribution is -2.10. The van der Waals surface area contributed by atoms with Crippen molar-refractivity contribution in [1.82, 2.24) is 10.2 Å². The van der Waals surface area contributed by atoms with Crippen molar-refractivity contribution in [1.29, 1.82) is 0 Å². The highest BCUT2D eigenvalue weighted by atomic mass is 32.2. The Labute approximate surface area is 153 Å². The fourth-order valence-corrected chi connectivity index (χ4v) is 3.75. The molecule has 0 unspecified atom stereocenters. The van der Waals surface area contributed by atoms with Gasteiger partial charge in [-0.2, -0.15) is 0 Å². The maximum atomic E-state index is 11.1. The van der Waals surface area contributed by atoms with Crippen LogP contribution in [0.2, 0.25) is 0 Å². The van der Waals surface area contributed by atoms with E-state index in [9.17, 15) is 4.79 Å². The summed E-state index contributed by atoms with van der Waals surface area (Å²) in [4.78, 5) is 11.1. The van der Waals surface area contributed by atoms with Gasteiger partial charge >= 0.3 is 0 Å². The molecule has 1 heterocycles. The normalized spacial score (nSPS) is 10.4. The van der Waals surface area contributed by atoms with Crippen LogP contribution in [0.25, 0.3) is 0 Å². The third kappa shape index (κ3) is 4.71. The van der Waals surface area contributed by atoms with Crippen molar-refractivity contribution in [2.45, 2.75) is 10.1 Å². The summed E-state index contributed by atoms with van der Waals surface area (Å²) in [5.41, 5.74) is 7.77. The number of amides is 1. The van der Waals surface area contributed by atoms with Crippen LogP contribution in [0, 0.1) is 0 Å². The second-order valence-electron chi connectivity index (χ2n) is 5.08. The highest BCUT2D eigenvalue weighted by molar-refractivity contribution is 8.00. The van der Waals surface area contributed by atoms with E-state index in [1.54, 1.807) is 31.0 Å². The van der Waals surface area contributed by atoms with Gasteiger partial charge in [-0.05, 0) is 42.0 Å². The Morgan fingerprint density at radius 2 is 1.88 bits per heavy atom. The lowest BCUT2D eigenvalue weighted by Gasteiger charge is -2.03. The molecule has 3 N–H and O–H groups in total. The maximum Gasteiger partial charge on any atom is 0.248 e. The molecule has 8 heteroatoms. The molecule has 2 aromatic carbocycles. The molecule has 1 aromatic heterocycles. The molecule has 0 spiro atoms. The molecule has 0 aliphatic rings. The van der Waals surface area contributed by atoms with E-state index in [1.165, 1.54) is 11.3 Å². The first-order valence-corrected chi connectivity index (χ1v) is 9.20. The Kier molecular flexibility index (Phi) is 5.52. The average molecular weight is 372 g/mol. The van der Waals surface area contributed by atoms with Gasteiger partial charge in [0.2, 0.25) is 11.0 Å². The van der Waals surface area contributed by atoms with Gasteiger partial charge < -0.3 is 15.8 Å². The number of nitrogens with two attached hydrogens (primary N) is 1. The number of carbonyl (C=O) groups is 1. The molecule has 0 radical (unpaired) electrons. The highest BCUT2D eigenvalue weighted by Crippen LogP contribution is 2.30. The fraction of sp³-hybridized carbons (Fsp3) is 0.118. The van der Waals surface area contributed by atoms with Crippen molar-refractivity contribution in [3.63, 3.8) is 0 Å². The number of anilines is 2. The predicted octanol–water partition coefficient (Wildman–Crippen LogP) is 3.68. The van der Waals surface area contributed by atoms with Gasteiger partial charge in [-0.1, -0.05) is 35.2 Å². The van der Waals surface area contributed by atoms with Crippen molar-refractivity contribution in [3.8, 4) is 5.75 Å². The number of carbonyl (C=O) groups excluding carboxylic acids is 1. The van der Waals surface area contributed by atoms with E-state index in [2.05, 4.69) is 15.5 Å². The lowest BCUT2D eigenvalue weighted by atomic mass is 10.1. The van der Waals surface area contributed by atoms with Crippen LogP contribution in [0.15, 0.2) is 52.9 Å². The van der Waals surface area contributed by atoms with Gasteiger partial charge in [-0.15, -0.1) is 10.2 Å². The van der Waals surface area contributed by atoms with Crippen LogP contribution >= 0.6 is 23.1 Å². The van der Waals surface area contributed by atoms with Crippen LogP contribution in [0.3, 0.4) is 0 Å². The summed E-state index contributed by atoms with van der Waals surface area (Å²) in [7, 11) is 1.64. The summed E-state index contributed by atoms with van der Waals surface area (Å²) in [5, 5.41) is 12.3. The summed E-state index contributed by atoms with van der Waals surface area (Å²) in [6, 6.07) is 14.9. The zero-order valence-electron chi connectivity index (χ0n) is 13.4. The third-order valence-electron chi connectivity index (χ3n) is 3.35. The molecule has 25 heavy (non-hydrogen) atoms. The van der Waals surface area contributed by atoms with Crippen molar-refractivity contribution < 1.29 is 9.53 Å². The van der Waals surface area contributed by atoms with Crippen LogP contribution in [0.5, 0.6) is 5.75 Å². The number of primary amides is 1. The van der Waals surface area contributed by atoms with Crippen LogP contribution in [-0.4, -0.2) is 23.2 Å². The Balaban J connectivity index is 1.56. The minimum absolute atomic E-state index is 0.419. The molecule has 1 amide bonds. The summed E-state index contributed by atoms with van der Waals surface area (Å²) in [5.74, 6) is 1.13.